The molecule has 1 aliphatic carbocycles. The number of nitrogens with zero attached hydrogens (tertiary/aromatic N) is 3. The van der Waals surface area contributed by atoms with Crippen LogP contribution in [0.15, 0.2) is 65.8 Å². The molecule has 1 aliphatic rings. The van der Waals surface area contributed by atoms with Crippen molar-refractivity contribution in [2.45, 2.75) is 25.7 Å². The Labute approximate surface area is 172 Å². The standard InChI is InChI=1S/C23H20N4OS/c28-22(17-11-5-2-6-12-17)26-24-15-19-21(16-9-3-1-4-10-16)25-23-27(19)18-13-7-8-14-20(18)29-23/h1-6,9-12,15H,7-8,13-14H2,(H,26,28)/b24-15-. The Morgan fingerprint density at radius 2 is 1.76 bits per heavy atom. The molecule has 0 spiro atoms. The molecule has 1 amide bonds. The molecule has 144 valence electrons. The van der Waals surface area contributed by atoms with Crippen molar-refractivity contribution in [3.8, 4) is 11.3 Å². The molecule has 5 nitrogen and oxygen atoms in total. The Kier molecular flexibility index (Phi) is 4.69. The summed E-state index contributed by atoms with van der Waals surface area (Å²) in [5.74, 6) is -0.226. The lowest BCUT2D eigenvalue weighted by molar-refractivity contribution is 0.0955. The molecular weight excluding hydrogens is 380 g/mol. The lowest BCUT2D eigenvalue weighted by Gasteiger charge is -2.11. The average molecular weight is 401 g/mol. The number of hydrogen-bond donors (Lipinski definition) is 1. The number of hydrogen-bond acceptors (Lipinski definition) is 4. The Morgan fingerprint density at radius 1 is 1.03 bits per heavy atom. The van der Waals surface area contributed by atoms with Crippen LogP contribution in [-0.2, 0) is 12.8 Å². The van der Waals surface area contributed by atoms with Crippen LogP contribution in [0.5, 0.6) is 0 Å². The number of benzene rings is 2. The van der Waals surface area contributed by atoms with E-state index in [0.29, 0.717) is 5.56 Å². The zero-order chi connectivity index (χ0) is 19.6. The maximum Gasteiger partial charge on any atom is 0.271 e. The van der Waals surface area contributed by atoms with Gasteiger partial charge in [0.1, 0.15) is 0 Å². The van der Waals surface area contributed by atoms with Crippen molar-refractivity contribution in [2.75, 3.05) is 0 Å². The predicted molar refractivity (Wildman–Crippen MR) is 117 cm³/mol. The largest absolute Gasteiger partial charge is 0.285 e. The number of rotatable bonds is 4. The molecular formula is C23H20N4OS. The van der Waals surface area contributed by atoms with Gasteiger partial charge in [0.25, 0.3) is 5.91 Å². The summed E-state index contributed by atoms with van der Waals surface area (Å²) >= 11 is 1.77. The van der Waals surface area contributed by atoms with E-state index in [2.05, 4.69) is 27.1 Å². The summed E-state index contributed by atoms with van der Waals surface area (Å²) in [4.78, 5) is 19.7. The second-order valence-electron chi connectivity index (χ2n) is 7.07. The summed E-state index contributed by atoms with van der Waals surface area (Å²) in [6, 6.07) is 19.2. The normalized spacial score (nSPS) is 13.7. The SMILES string of the molecule is O=C(N/N=C\c1c(-c2ccccc2)nc2sc3c(n12)CCCC3)c1ccccc1. The van der Waals surface area contributed by atoms with E-state index >= 15 is 0 Å². The number of fused-ring (bicyclic) bond motifs is 3. The minimum absolute atomic E-state index is 0.226. The Morgan fingerprint density at radius 3 is 2.55 bits per heavy atom. The van der Waals surface area contributed by atoms with Gasteiger partial charge < -0.3 is 0 Å². The summed E-state index contributed by atoms with van der Waals surface area (Å²) in [5.41, 5.74) is 7.42. The highest BCUT2D eigenvalue weighted by Gasteiger charge is 2.22. The van der Waals surface area contributed by atoms with E-state index in [-0.39, 0.29) is 5.91 Å². The van der Waals surface area contributed by atoms with Gasteiger partial charge in [-0.1, -0.05) is 48.5 Å². The van der Waals surface area contributed by atoms with Crippen LogP contribution < -0.4 is 5.43 Å². The highest BCUT2D eigenvalue weighted by atomic mass is 32.1. The molecule has 4 aromatic rings. The van der Waals surface area contributed by atoms with Crippen LogP contribution in [-0.4, -0.2) is 21.5 Å². The minimum Gasteiger partial charge on any atom is -0.285 e. The van der Waals surface area contributed by atoms with Crippen molar-refractivity contribution in [1.29, 1.82) is 0 Å². The lowest BCUT2D eigenvalue weighted by Crippen LogP contribution is -2.17. The Hall–Kier alpha value is -3.25. The van der Waals surface area contributed by atoms with Crippen molar-refractivity contribution in [1.82, 2.24) is 14.8 Å². The number of thiazole rings is 1. The minimum atomic E-state index is -0.226. The fourth-order valence-electron chi connectivity index (χ4n) is 3.79. The van der Waals surface area contributed by atoms with Crippen LogP contribution in [0.25, 0.3) is 16.2 Å². The molecule has 0 radical (unpaired) electrons. The van der Waals surface area contributed by atoms with Crippen LogP contribution >= 0.6 is 11.3 Å². The lowest BCUT2D eigenvalue weighted by atomic mass is 10.0. The first-order valence-corrected chi connectivity index (χ1v) is 10.6. The van der Waals surface area contributed by atoms with Gasteiger partial charge in [-0.05, 0) is 37.8 Å². The van der Waals surface area contributed by atoms with E-state index in [9.17, 15) is 4.79 Å². The highest BCUT2D eigenvalue weighted by molar-refractivity contribution is 7.17. The summed E-state index contributed by atoms with van der Waals surface area (Å²) in [6.07, 6.45) is 6.32. The van der Waals surface area contributed by atoms with Gasteiger partial charge in [0.15, 0.2) is 4.96 Å². The molecule has 6 heteroatoms. The zero-order valence-electron chi connectivity index (χ0n) is 15.8. The first-order valence-electron chi connectivity index (χ1n) is 9.78. The molecule has 0 saturated carbocycles. The molecule has 0 atom stereocenters. The van der Waals surface area contributed by atoms with Gasteiger partial charge in [-0.25, -0.2) is 10.4 Å². The molecule has 0 unspecified atom stereocenters. The molecule has 0 fully saturated rings. The second kappa shape index (κ2) is 7.64. The van der Waals surface area contributed by atoms with Crippen molar-refractivity contribution in [3.05, 3.63) is 82.5 Å². The van der Waals surface area contributed by atoms with E-state index < -0.39 is 0 Å². The zero-order valence-corrected chi connectivity index (χ0v) is 16.7. The Bertz CT molecular complexity index is 1190. The summed E-state index contributed by atoms with van der Waals surface area (Å²) < 4.78 is 2.22. The first kappa shape index (κ1) is 17.8. The number of carbonyl (C=O) groups excluding carboxylic acids is 1. The Balaban J connectivity index is 1.55. The summed E-state index contributed by atoms with van der Waals surface area (Å²) in [5, 5.41) is 4.27. The number of carbonyl (C=O) groups is 1. The molecule has 2 aromatic heterocycles. The fourth-order valence-corrected chi connectivity index (χ4v) is 5.01. The van der Waals surface area contributed by atoms with Gasteiger partial charge in [-0.15, -0.1) is 11.3 Å². The van der Waals surface area contributed by atoms with Gasteiger partial charge in [-0.2, -0.15) is 5.10 Å². The number of imidazole rings is 1. The van der Waals surface area contributed by atoms with Crippen LogP contribution in [0.2, 0.25) is 0 Å². The molecule has 0 bridgehead atoms. The average Bonchev–Trinajstić information content (AvgIpc) is 3.31. The molecule has 5 rings (SSSR count). The van der Waals surface area contributed by atoms with Crippen LogP contribution in [0.3, 0.4) is 0 Å². The molecule has 0 aliphatic heterocycles. The number of aryl methyl sites for hydroxylation is 2. The van der Waals surface area contributed by atoms with Crippen LogP contribution in [0.1, 0.15) is 39.5 Å². The topological polar surface area (TPSA) is 58.8 Å². The maximum atomic E-state index is 12.3. The van der Waals surface area contributed by atoms with E-state index in [1.165, 1.54) is 23.4 Å². The third-order valence-corrected chi connectivity index (χ3v) is 6.33. The number of nitrogens with one attached hydrogen (secondary N) is 1. The summed E-state index contributed by atoms with van der Waals surface area (Å²) in [6.45, 7) is 0. The van der Waals surface area contributed by atoms with Crippen molar-refractivity contribution in [2.24, 2.45) is 5.10 Å². The van der Waals surface area contributed by atoms with Crippen molar-refractivity contribution < 1.29 is 4.79 Å². The third kappa shape index (κ3) is 3.36. The van der Waals surface area contributed by atoms with E-state index in [4.69, 9.17) is 4.98 Å². The van der Waals surface area contributed by atoms with Gasteiger partial charge in [0.2, 0.25) is 0 Å². The highest BCUT2D eigenvalue weighted by Crippen LogP contribution is 2.34. The molecule has 29 heavy (non-hydrogen) atoms. The molecule has 2 heterocycles. The van der Waals surface area contributed by atoms with E-state index in [1.807, 2.05) is 36.4 Å². The number of amides is 1. The van der Waals surface area contributed by atoms with Crippen molar-refractivity contribution in [3.63, 3.8) is 0 Å². The number of hydrazone groups is 1. The maximum absolute atomic E-state index is 12.3. The van der Waals surface area contributed by atoms with Gasteiger partial charge in [0.05, 0.1) is 17.6 Å². The van der Waals surface area contributed by atoms with E-state index in [0.717, 1.165) is 34.8 Å². The smallest absolute Gasteiger partial charge is 0.271 e. The molecule has 0 saturated heterocycles. The number of aromatic nitrogens is 2. The fraction of sp³-hybridized carbons (Fsp3) is 0.174. The van der Waals surface area contributed by atoms with Gasteiger partial charge in [0, 0.05) is 21.7 Å². The molecule has 1 N–H and O–H groups in total. The van der Waals surface area contributed by atoms with Gasteiger partial charge in [-0.3, -0.25) is 9.20 Å². The molecule has 2 aromatic carbocycles. The van der Waals surface area contributed by atoms with Crippen LogP contribution in [0, 0.1) is 0 Å². The van der Waals surface area contributed by atoms with Crippen LogP contribution in [0.4, 0.5) is 0 Å². The first-order chi connectivity index (χ1) is 14.3. The predicted octanol–water partition coefficient (Wildman–Crippen LogP) is 4.71. The summed E-state index contributed by atoms with van der Waals surface area (Å²) in [7, 11) is 0. The monoisotopic (exact) mass is 400 g/mol. The second-order valence-corrected chi connectivity index (χ2v) is 8.14. The quantitative estimate of drug-likeness (QED) is 0.399. The van der Waals surface area contributed by atoms with E-state index in [1.54, 1.807) is 29.7 Å². The van der Waals surface area contributed by atoms with Crippen molar-refractivity contribution >= 4 is 28.4 Å². The third-order valence-electron chi connectivity index (χ3n) is 5.19. The van der Waals surface area contributed by atoms with Gasteiger partial charge >= 0.3 is 0 Å².